The van der Waals surface area contributed by atoms with Crippen LogP contribution < -0.4 is 4.90 Å². The van der Waals surface area contributed by atoms with Crippen LogP contribution in [0.3, 0.4) is 0 Å². The van der Waals surface area contributed by atoms with E-state index in [2.05, 4.69) is 4.98 Å². The third-order valence-corrected chi connectivity index (χ3v) is 4.67. The molecule has 2 aromatic carbocycles. The Morgan fingerprint density at radius 1 is 1.00 bits per heavy atom. The SMILES string of the molecule is O=C1c2cccc([N+](=O)[O-])c2C(=O)N1c1nc(-c2ccccc2)cs1. The molecule has 0 bridgehead atoms. The Balaban J connectivity index is 1.77. The van der Waals surface area contributed by atoms with Gasteiger partial charge in [-0.2, -0.15) is 0 Å². The number of imide groups is 1. The van der Waals surface area contributed by atoms with Crippen LogP contribution in [-0.2, 0) is 0 Å². The Bertz CT molecular complexity index is 1030. The number of benzene rings is 2. The van der Waals surface area contributed by atoms with Crippen LogP contribution in [0.15, 0.2) is 53.9 Å². The topological polar surface area (TPSA) is 93.4 Å². The molecule has 1 aliphatic rings. The van der Waals surface area contributed by atoms with Crippen molar-refractivity contribution in [3.63, 3.8) is 0 Å². The fourth-order valence-corrected chi connectivity index (χ4v) is 3.53. The molecule has 0 fully saturated rings. The Labute approximate surface area is 145 Å². The summed E-state index contributed by atoms with van der Waals surface area (Å²) in [5, 5.41) is 13.1. The first-order valence-corrected chi connectivity index (χ1v) is 8.13. The number of hydrogen-bond acceptors (Lipinski definition) is 6. The summed E-state index contributed by atoms with van der Waals surface area (Å²) >= 11 is 1.14. The van der Waals surface area contributed by atoms with Gasteiger partial charge in [-0.15, -0.1) is 11.3 Å². The van der Waals surface area contributed by atoms with Gasteiger partial charge < -0.3 is 0 Å². The van der Waals surface area contributed by atoms with Crippen molar-refractivity contribution >= 4 is 34.0 Å². The number of anilines is 1. The lowest BCUT2D eigenvalue weighted by Crippen LogP contribution is -2.29. The van der Waals surface area contributed by atoms with E-state index in [0.29, 0.717) is 5.69 Å². The van der Waals surface area contributed by atoms with Gasteiger partial charge in [0.25, 0.3) is 17.5 Å². The molecule has 0 saturated heterocycles. The zero-order chi connectivity index (χ0) is 17.6. The monoisotopic (exact) mass is 351 g/mol. The van der Waals surface area contributed by atoms with Crippen molar-refractivity contribution in [3.05, 3.63) is 75.2 Å². The number of amides is 2. The fourth-order valence-electron chi connectivity index (χ4n) is 2.70. The van der Waals surface area contributed by atoms with Crippen molar-refractivity contribution in [2.75, 3.05) is 4.90 Å². The molecule has 0 N–H and O–H groups in total. The Morgan fingerprint density at radius 2 is 1.76 bits per heavy atom. The summed E-state index contributed by atoms with van der Waals surface area (Å²) in [5.41, 5.74) is 0.946. The molecular weight excluding hydrogens is 342 g/mol. The second kappa shape index (κ2) is 5.60. The highest BCUT2D eigenvalue weighted by Crippen LogP contribution is 2.36. The largest absolute Gasteiger partial charge is 0.283 e. The number of carbonyl (C=O) groups excluding carboxylic acids is 2. The zero-order valence-electron chi connectivity index (χ0n) is 12.6. The lowest BCUT2D eigenvalue weighted by Gasteiger charge is -2.08. The molecule has 0 spiro atoms. The third kappa shape index (κ3) is 2.31. The third-order valence-electron chi connectivity index (χ3n) is 3.84. The summed E-state index contributed by atoms with van der Waals surface area (Å²) in [6.07, 6.45) is 0. The molecule has 3 aromatic rings. The minimum Gasteiger partial charge on any atom is -0.268 e. The maximum Gasteiger partial charge on any atom is 0.283 e. The van der Waals surface area contributed by atoms with E-state index < -0.39 is 16.7 Å². The van der Waals surface area contributed by atoms with Gasteiger partial charge in [0.05, 0.1) is 16.2 Å². The fraction of sp³-hybridized carbons (Fsp3) is 0. The second-order valence-corrected chi connectivity index (χ2v) is 6.12. The highest BCUT2D eigenvalue weighted by molar-refractivity contribution is 7.14. The number of nitrogens with zero attached hydrogens (tertiary/aromatic N) is 3. The molecule has 2 heterocycles. The van der Waals surface area contributed by atoms with Gasteiger partial charge in [0.15, 0.2) is 5.13 Å². The van der Waals surface area contributed by atoms with E-state index in [1.165, 1.54) is 18.2 Å². The number of nitro benzene ring substituents is 1. The standard InChI is InChI=1S/C17H9N3O4S/c21-15-11-7-4-8-13(20(23)24)14(11)16(22)19(15)17-18-12(9-25-17)10-5-2-1-3-6-10/h1-9H. The summed E-state index contributed by atoms with van der Waals surface area (Å²) < 4.78 is 0. The number of fused-ring (bicyclic) bond motifs is 1. The molecule has 4 rings (SSSR count). The summed E-state index contributed by atoms with van der Waals surface area (Å²) in [7, 11) is 0. The van der Waals surface area contributed by atoms with E-state index in [1.54, 1.807) is 5.38 Å². The van der Waals surface area contributed by atoms with Crippen molar-refractivity contribution in [3.8, 4) is 11.3 Å². The van der Waals surface area contributed by atoms with Crippen molar-refractivity contribution < 1.29 is 14.5 Å². The van der Waals surface area contributed by atoms with Gasteiger partial charge in [-0.1, -0.05) is 36.4 Å². The van der Waals surface area contributed by atoms with Crippen molar-refractivity contribution in [2.24, 2.45) is 0 Å². The van der Waals surface area contributed by atoms with Gasteiger partial charge in [-0.05, 0) is 6.07 Å². The molecule has 0 radical (unpaired) electrons. The molecule has 2 amide bonds. The van der Waals surface area contributed by atoms with Gasteiger partial charge in [-0.25, -0.2) is 9.88 Å². The minimum atomic E-state index is -0.721. The molecule has 8 heteroatoms. The lowest BCUT2D eigenvalue weighted by atomic mass is 10.1. The number of rotatable bonds is 3. The Hall–Kier alpha value is -3.39. The van der Waals surface area contributed by atoms with Crippen LogP contribution in [0.5, 0.6) is 0 Å². The molecule has 1 aromatic heterocycles. The summed E-state index contributed by atoms with van der Waals surface area (Å²) in [6.45, 7) is 0. The van der Waals surface area contributed by atoms with Gasteiger partial charge in [0.2, 0.25) is 0 Å². The number of nitro groups is 1. The van der Waals surface area contributed by atoms with Crippen LogP contribution >= 0.6 is 11.3 Å². The Kier molecular flexibility index (Phi) is 3.40. The maximum absolute atomic E-state index is 12.6. The van der Waals surface area contributed by atoms with E-state index in [0.717, 1.165) is 21.8 Å². The summed E-state index contributed by atoms with van der Waals surface area (Å²) in [4.78, 5) is 41.0. The molecule has 0 atom stereocenters. The van der Waals surface area contributed by atoms with E-state index in [9.17, 15) is 19.7 Å². The van der Waals surface area contributed by atoms with E-state index in [4.69, 9.17) is 0 Å². The van der Waals surface area contributed by atoms with Crippen LogP contribution in [-0.4, -0.2) is 21.7 Å². The minimum absolute atomic E-state index is 0.0238. The first-order chi connectivity index (χ1) is 12.1. The molecule has 25 heavy (non-hydrogen) atoms. The van der Waals surface area contributed by atoms with Gasteiger partial charge in [-0.3, -0.25) is 19.7 Å². The molecule has 1 aliphatic heterocycles. The summed E-state index contributed by atoms with van der Waals surface area (Å²) in [6, 6.07) is 13.3. The first-order valence-electron chi connectivity index (χ1n) is 7.25. The zero-order valence-corrected chi connectivity index (χ0v) is 13.4. The van der Waals surface area contributed by atoms with Crippen LogP contribution in [0.1, 0.15) is 20.7 Å². The smallest absolute Gasteiger partial charge is 0.268 e. The number of carbonyl (C=O) groups is 2. The highest BCUT2D eigenvalue weighted by Gasteiger charge is 2.43. The quantitative estimate of drug-likeness (QED) is 0.409. The van der Waals surface area contributed by atoms with Gasteiger partial charge >= 0.3 is 0 Å². The number of hydrogen-bond donors (Lipinski definition) is 0. The highest BCUT2D eigenvalue weighted by atomic mass is 32.1. The van der Waals surface area contributed by atoms with E-state index in [1.807, 2.05) is 30.3 Å². The van der Waals surface area contributed by atoms with Crippen molar-refractivity contribution in [1.82, 2.24) is 4.98 Å². The number of thiazole rings is 1. The van der Waals surface area contributed by atoms with Crippen molar-refractivity contribution in [2.45, 2.75) is 0 Å². The molecule has 0 aliphatic carbocycles. The molecule has 122 valence electrons. The second-order valence-electron chi connectivity index (χ2n) is 5.28. The first kappa shape index (κ1) is 15.2. The molecule has 0 unspecified atom stereocenters. The van der Waals surface area contributed by atoms with Crippen LogP contribution in [0, 0.1) is 10.1 Å². The summed E-state index contributed by atoms with van der Waals surface area (Å²) in [5.74, 6) is -1.32. The van der Waals surface area contributed by atoms with E-state index >= 15 is 0 Å². The van der Waals surface area contributed by atoms with Crippen LogP contribution in [0.25, 0.3) is 11.3 Å². The molecular formula is C17H9N3O4S. The normalized spacial score (nSPS) is 13.2. The predicted molar refractivity (Wildman–Crippen MR) is 91.8 cm³/mol. The average molecular weight is 351 g/mol. The average Bonchev–Trinajstić information content (AvgIpc) is 3.19. The van der Waals surface area contributed by atoms with Crippen LogP contribution in [0.4, 0.5) is 10.8 Å². The predicted octanol–water partition coefficient (Wildman–Crippen LogP) is 3.52. The van der Waals surface area contributed by atoms with E-state index in [-0.39, 0.29) is 21.9 Å². The molecule has 7 nitrogen and oxygen atoms in total. The van der Waals surface area contributed by atoms with Gasteiger partial charge in [0.1, 0.15) is 5.56 Å². The maximum atomic E-state index is 12.6. The van der Waals surface area contributed by atoms with Gasteiger partial charge in [0, 0.05) is 17.0 Å². The molecule has 0 saturated carbocycles. The lowest BCUT2D eigenvalue weighted by molar-refractivity contribution is -0.385. The Morgan fingerprint density at radius 3 is 2.48 bits per heavy atom. The van der Waals surface area contributed by atoms with Crippen molar-refractivity contribution in [1.29, 1.82) is 0 Å². The number of aromatic nitrogens is 1. The van der Waals surface area contributed by atoms with Crippen LogP contribution in [0.2, 0.25) is 0 Å².